The average molecular weight is 462 g/mol. The van der Waals surface area contributed by atoms with Gasteiger partial charge in [0.25, 0.3) is 0 Å². The number of amides is 1. The Balaban J connectivity index is 1.29. The van der Waals surface area contributed by atoms with Crippen LogP contribution in [0.3, 0.4) is 0 Å². The van der Waals surface area contributed by atoms with Gasteiger partial charge in [-0.3, -0.25) is 9.69 Å². The summed E-state index contributed by atoms with van der Waals surface area (Å²) in [5.41, 5.74) is 4.52. The molecule has 168 valence electrons. The van der Waals surface area contributed by atoms with E-state index in [0.29, 0.717) is 43.3 Å². The molecule has 1 aromatic carbocycles. The van der Waals surface area contributed by atoms with Gasteiger partial charge in [0.2, 0.25) is 5.91 Å². The van der Waals surface area contributed by atoms with E-state index in [1.165, 1.54) is 0 Å². The van der Waals surface area contributed by atoms with Gasteiger partial charge >= 0.3 is 0 Å². The van der Waals surface area contributed by atoms with Gasteiger partial charge < -0.3 is 14.6 Å². The standard InChI is InChI=1S/C25H24ClN5O2/c26-17-6-8-18(9-7-17)28-23(32)16-30-10-12-31(13-11-30)25-21(15-27)19-3-1-4-20(19)24(29-25)22-5-2-14-33-22/h2,5-9,14H,1,3-4,10-13,16H2,(H,28,32). The Hall–Kier alpha value is -3.34. The fourth-order valence-corrected chi connectivity index (χ4v) is 4.79. The molecule has 7 nitrogen and oxygen atoms in total. The maximum atomic E-state index is 12.5. The second-order valence-electron chi connectivity index (χ2n) is 8.38. The molecule has 1 aliphatic heterocycles. The third-order valence-electron chi connectivity index (χ3n) is 6.28. The second kappa shape index (κ2) is 9.26. The van der Waals surface area contributed by atoms with Crippen molar-refractivity contribution in [2.45, 2.75) is 19.3 Å². The van der Waals surface area contributed by atoms with Crippen molar-refractivity contribution in [2.24, 2.45) is 0 Å². The van der Waals surface area contributed by atoms with Crippen LogP contribution in [0.25, 0.3) is 11.5 Å². The minimum Gasteiger partial charge on any atom is -0.463 e. The normalized spacial score (nSPS) is 15.8. The summed E-state index contributed by atoms with van der Waals surface area (Å²) in [6, 6.07) is 13.3. The number of fused-ring (bicyclic) bond motifs is 1. The lowest BCUT2D eigenvalue weighted by Crippen LogP contribution is -2.49. The molecule has 1 fully saturated rings. The summed E-state index contributed by atoms with van der Waals surface area (Å²) in [7, 11) is 0. The van der Waals surface area contributed by atoms with Gasteiger partial charge in [-0.15, -0.1) is 0 Å². The number of piperazine rings is 1. The highest BCUT2D eigenvalue weighted by atomic mass is 35.5. The summed E-state index contributed by atoms with van der Waals surface area (Å²) < 4.78 is 5.65. The van der Waals surface area contributed by atoms with Crippen molar-refractivity contribution in [1.82, 2.24) is 9.88 Å². The lowest BCUT2D eigenvalue weighted by atomic mass is 10.0. The molecule has 2 aliphatic rings. The van der Waals surface area contributed by atoms with Crippen LogP contribution in [0.4, 0.5) is 11.5 Å². The first kappa shape index (κ1) is 21.5. The van der Waals surface area contributed by atoms with E-state index in [4.69, 9.17) is 21.0 Å². The predicted molar refractivity (Wildman–Crippen MR) is 127 cm³/mol. The Labute approximate surface area is 197 Å². The minimum atomic E-state index is -0.0563. The lowest BCUT2D eigenvalue weighted by Gasteiger charge is -2.35. The number of nitrogens with one attached hydrogen (secondary N) is 1. The number of anilines is 2. The zero-order valence-electron chi connectivity index (χ0n) is 18.2. The number of aromatic nitrogens is 1. The average Bonchev–Trinajstić information content (AvgIpc) is 3.53. The number of nitriles is 1. The molecule has 1 saturated heterocycles. The van der Waals surface area contributed by atoms with Crippen LogP contribution in [-0.4, -0.2) is 48.5 Å². The number of rotatable bonds is 5. The zero-order valence-corrected chi connectivity index (χ0v) is 18.9. The highest BCUT2D eigenvalue weighted by Gasteiger charge is 2.29. The molecule has 1 amide bonds. The Morgan fingerprint density at radius 1 is 1.12 bits per heavy atom. The maximum absolute atomic E-state index is 12.5. The number of benzene rings is 1. The van der Waals surface area contributed by atoms with Crippen molar-refractivity contribution in [3.05, 3.63) is 64.4 Å². The van der Waals surface area contributed by atoms with E-state index in [1.54, 1.807) is 30.5 Å². The van der Waals surface area contributed by atoms with Crippen LogP contribution in [0.1, 0.15) is 23.1 Å². The fourth-order valence-electron chi connectivity index (χ4n) is 4.66. The molecule has 2 aromatic heterocycles. The quantitative estimate of drug-likeness (QED) is 0.615. The van der Waals surface area contributed by atoms with Crippen molar-refractivity contribution in [1.29, 1.82) is 5.26 Å². The molecule has 3 heterocycles. The van der Waals surface area contributed by atoms with Gasteiger partial charge in [0.15, 0.2) is 5.76 Å². The number of furan rings is 1. The Morgan fingerprint density at radius 3 is 2.58 bits per heavy atom. The molecular weight excluding hydrogens is 438 g/mol. The molecule has 1 N–H and O–H groups in total. The van der Waals surface area contributed by atoms with Gasteiger partial charge in [0, 0.05) is 36.9 Å². The van der Waals surface area contributed by atoms with Crippen LogP contribution in [0.5, 0.6) is 0 Å². The zero-order chi connectivity index (χ0) is 22.8. The van der Waals surface area contributed by atoms with Crippen LogP contribution in [0.2, 0.25) is 5.02 Å². The van der Waals surface area contributed by atoms with Crippen LogP contribution in [0.15, 0.2) is 47.1 Å². The molecular formula is C25H24ClN5O2. The van der Waals surface area contributed by atoms with E-state index in [0.717, 1.165) is 53.3 Å². The van der Waals surface area contributed by atoms with Crippen molar-refractivity contribution < 1.29 is 9.21 Å². The van der Waals surface area contributed by atoms with Crippen LogP contribution in [0, 0.1) is 11.3 Å². The molecule has 0 atom stereocenters. The Kier molecular flexibility index (Phi) is 6.03. The Bertz CT molecular complexity index is 1190. The monoisotopic (exact) mass is 461 g/mol. The van der Waals surface area contributed by atoms with Crippen LogP contribution in [-0.2, 0) is 17.6 Å². The number of nitrogens with zero attached hydrogens (tertiary/aromatic N) is 4. The molecule has 8 heteroatoms. The van der Waals surface area contributed by atoms with E-state index < -0.39 is 0 Å². The van der Waals surface area contributed by atoms with Crippen molar-refractivity contribution in [3.63, 3.8) is 0 Å². The van der Waals surface area contributed by atoms with Crippen molar-refractivity contribution in [3.8, 4) is 17.5 Å². The molecule has 33 heavy (non-hydrogen) atoms. The van der Waals surface area contributed by atoms with E-state index in [1.807, 2.05) is 12.1 Å². The van der Waals surface area contributed by atoms with E-state index in [9.17, 15) is 10.1 Å². The van der Waals surface area contributed by atoms with Crippen LogP contribution < -0.4 is 10.2 Å². The number of carbonyl (C=O) groups excluding carboxylic acids is 1. The molecule has 5 rings (SSSR count). The first-order valence-electron chi connectivity index (χ1n) is 11.1. The highest BCUT2D eigenvalue weighted by molar-refractivity contribution is 6.30. The van der Waals surface area contributed by atoms with Crippen molar-refractivity contribution >= 4 is 29.0 Å². The highest BCUT2D eigenvalue weighted by Crippen LogP contribution is 2.37. The fraction of sp³-hybridized carbons (Fsp3) is 0.320. The number of hydrogen-bond donors (Lipinski definition) is 1. The van der Waals surface area contributed by atoms with E-state index in [-0.39, 0.29) is 5.91 Å². The smallest absolute Gasteiger partial charge is 0.238 e. The maximum Gasteiger partial charge on any atom is 0.238 e. The third kappa shape index (κ3) is 4.45. The third-order valence-corrected chi connectivity index (χ3v) is 6.53. The number of halogens is 1. The van der Waals surface area contributed by atoms with Gasteiger partial charge in [0.05, 0.1) is 18.4 Å². The van der Waals surface area contributed by atoms with Gasteiger partial charge in [-0.05, 0) is 66.8 Å². The summed E-state index contributed by atoms with van der Waals surface area (Å²) in [6.07, 6.45) is 4.50. The molecule has 3 aromatic rings. The first-order valence-corrected chi connectivity index (χ1v) is 11.5. The van der Waals surface area contributed by atoms with E-state index >= 15 is 0 Å². The SMILES string of the molecule is N#Cc1c(N2CCN(CC(=O)Nc3ccc(Cl)cc3)CC2)nc(-c2ccco2)c2c1CCC2. The largest absolute Gasteiger partial charge is 0.463 e. The second-order valence-corrected chi connectivity index (χ2v) is 8.81. The first-order chi connectivity index (χ1) is 16.1. The van der Waals surface area contributed by atoms with Gasteiger partial charge in [-0.2, -0.15) is 5.26 Å². The lowest BCUT2D eigenvalue weighted by molar-refractivity contribution is -0.117. The van der Waals surface area contributed by atoms with Crippen LogP contribution >= 0.6 is 11.6 Å². The van der Waals surface area contributed by atoms with E-state index in [2.05, 4.69) is 21.2 Å². The molecule has 0 unspecified atom stereocenters. The number of carbonyl (C=O) groups is 1. The van der Waals surface area contributed by atoms with Gasteiger partial charge in [-0.25, -0.2) is 4.98 Å². The predicted octanol–water partition coefficient (Wildman–Crippen LogP) is 4.12. The molecule has 0 radical (unpaired) electrons. The number of pyridine rings is 1. The number of hydrogen-bond acceptors (Lipinski definition) is 6. The summed E-state index contributed by atoms with van der Waals surface area (Å²) in [5, 5.41) is 13.5. The summed E-state index contributed by atoms with van der Waals surface area (Å²) in [6.45, 7) is 3.15. The summed E-state index contributed by atoms with van der Waals surface area (Å²) in [5.74, 6) is 1.42. The Morgan fingerprint density at radius 2 is 1.88 bits per heavy atom. The van der Waals surface area contributed by atoms with Crippen molar-refractivity contribution in [2.75, 3.05) is 42.9 Å². The van der Waals surface area contributed by atoms with Gasteiger partial charge in [-0.1, -0.05) is 11.6 Å². The summed E-state index contributed by atoms with van der Waals surface area (Å²) in [4.78, 5) is 21.7. The molecule has 0 spiro atoms. The molecule has 1 aliphatic carbocycles. The minimum absolute atomic E-state index is 0.0563. The topological polar surface area (TPSA) is 85.4 Å². The molecule has 0 saturated carbocycles. The molecule has 0 bridgehead atoms. The summed E-state index contributed by atoms with van der Waals surface area (Å²) >= 11 is 5.90. The van der Waals surface area contributed by atoms with Gasteiger partial charge in [0.1, 0.15) is 17.6 Å².